The number of carbonyl (C=O) groups is 2. The maximum Gasteiger partial charge on any atom is 0.282 e. The SMILES string of the molecule is CCOc1ccc(C2=C(Nc3cc(Cl)ccc3C)C(=O)N(c3ccc(C)cc3)C2=O)cc1. The quantitative estimate of drug-likeness (QED) is 0.489. The summed E-state index contributed by atoms with van der Waals surface area (Å²) in [5.74, 6) is -0.100. The number of nitrogens with one attached hydrogen (secondary N) is 1. The van der Waals surface area contributed by atoms with Gasteiger partial charge in [0.05, 0.1) is 17.9 Å². The average molecular weight is 447 g/mol. The summed E-state index contributed by atoms with van der Waals surface area (Å²) in [6.45, 7) is 6.32. The third-order valence-electron chi connectivity index (χ3n) is 5.29. The Hall–Kier alpha value is -3.57. The number of anilines is 2. The van der Waals surface area contributed by atoms with Gasteiger partial charge in [-0.3, -0.25) is 9.59 Å². The molecule has 5 nitrogen and oxygen atoms in total. The van der Waals surface area contributed by atoms with Gasteiger partial charge in [-0.15, -0.1) is 0 Å². The Morgan fingerprint density at radius 3 is 2.25 bits per heavy atom. The van der Waals surface area contributed by atoms with Gasteiger partial charge in [0.2, 0.25) is 0 Å². The molecule has 4 rings (SSSR count). The number of aryl methyl sites for hydroxylation is 2. The molecule has 1 N–H and O–H groups in total. The van der Waals surface area contributed by atoms with Gasteiger partial charge in [0.15, 0.2) is 0 Å². The molecule has 0 fully saturated rings. The average Bonchev–Trinajstić information content (AvgIpc) is 3.02. The van der Waals surface area contributed by atoms with Crippen molar-refractivity contribution < 1.29 is 14.3 Å². The Morgan fingerprint density at radius 1 is 0.906 bits per heavy atom. The number of carbonyl (C=O) groups excluding carboxylic acids is 2. The van der Waals surface area contributed by atoms with E-state index in [9.17, 15) is 9.59 Å². The summed E-state index contributed by atoms with van der Waals surface area (Å²) in [5.41, 5.74) is 4.28. The maximum absolute atomic E-state index is 13.5. The monoisotopic (exact) mass is 446 g/mol. The Morgan fingerprint density at radius 2 is 1.59 bits per heavy atom. The molecule has 6 heteroatoms. The van der Waals surface area contributed by atoms with E-state index in [1.807, 2.05) is 39.0 Å². The Kier molecular flexibility index (Phi) is 6.01. The second-order valence-corrected chi connectivity index (χ2v) is 8.01. The molecule has 32 heavy (non-hydrogen) atoms. The first-order valence-electron chi connectivity index (χ1n) is 10.3. The normalized spacial score (nSPS) is 13.7. The number of ether oxygens (including phenoxy) is 1. The number of halogens is 1. The van der Waals surface area contributed by atoms with Crippen molar-refractivity contribution in [3.8, 4) is 5.75 Å². The van der Waals surface area contributed by atoms with Crippen molar-refractivity contribution in [2.45, 2.75) is 20.8 Å². The molecule has 0 aromatic heterocycles. The minimum absolute atomic E-state index is 0.213. The molecule has 0 atom stereocenters. The number of hydrogen-bond donors (Lipinski definition) is 1. The van der Waals surface area contributed by atoms with Crippen LogP contribution >= 0.6 is 11.6 Å². The summed E-state index contributed by atoms with van der Waals surface area (Å²) in [5, 5.41) is 3.72. The fourth-order valence-corrected chi connectivity index (χ4v) is 3.76. The molecule has 1 heterocycles. The van der Waals surface area contributed by atoms with Crippen molar-refractivity contribution in [3.63, 3.8) is 0 Å². The van der Waals surface area contributed by atoms with Gasteiger partial charge in [0.25, 0.3) is 11.8 Å². The lowest BCUT2D eigenvalue weighted by Crippen LogP contribution is -2.32. The summed E-state index contributed by atoms with van der Waals surface area (Å²) in [7, 11) is 0. The van der Waals surface area contributed by atoms with Crippen LogP contribution in [0, 0.1) is 13.8 Å². The van der Waals surface area contributed by atoms with Gasteiger partial charge >= 0.3 is 0 Å². The van der Waals surface area contributed by atoms with E-state index in [1.54, 1.807) is 48.5 Å². The topological polar surface area (TPSA) is 58.6 Å². The van der Waals surface area contributed by atoms with Gasteiger partial charge in [-0.1, -0.05) is 47.5 Å². The van der Waals surface area contributed by atoms with Crippen molar-refractivity contribution in [1.29, 1.82) is 0 Å². The largest absolute Gasteiger partial charge is 0.494 e. The van der Waals surface area contributed by atoms with Crippen LogP contribution in [-0.2, 0) is 9.59 Å². The van der Waals surface area contributed by atoms with E-state index in [2.05, 4.69) is 5.32 Å². The zero-order valence-electron chi connectivity index (χ0n) is 18.1. The molecule has 0 radical (unpaired) electrons. The van der Waals surface area contributed by atoms with Crippen LogP contribution in [0.5, 0.6) is 5.75 Å². The van der Waals surface area contributed by atoms with Crippen LogP contribution in [0.2, 0.25) is 5.02 Å². The van der Waals surface area contributed by atoms with Gasteiger partial charge in [-0.25, -0.2) is 4.90 Å². The zero-order chi connectivity index (χ0) is 22.8. The summed E-state index contributed by atoms with van der Waals surface area (Å²) in [4.78, 5) is 28.2. The van der Waals surface area contributed by atoms with Crippen molar-refractivity contribution in [2.24, 2.45) is 0 Å². The van der Waals surface area contributed by atoms with E-state index in [0.717, 1.165) is 11.1 Å². The van der Waals surface area contributed by atoms with Gasteiger partial charge in [0, 0.05) is 10.7 Å². The molecule has 2 amide bonds. The van der Waals surface area contributed by atoms with Crippen molar-refractivity contribution >= 4 is 40.4 Å². The summed E-state index contributed by atoms with van der Waals surface area (Å²) in [6.07, 6.45) is 0. The fraction of sp³-hybridized carbons (Fsp3) is 0.154. The predicted molar refractivity (Wildman–Crippen MR) is 128 cm³/mol. The lowest BCUT2D eigenvalue weighted by Gasteiger charge is -2.16. The molecule has 0 spiro atoms. The first-order chi connectivity index (χ1) is 15.4. The highest BCUT2D eigenvalue weighted by atomic mass is 35.5. The second-order valence-electron chi connectivity index (χ2n) is 7.57. The van der Waals surface area contributed by atoms with Crippen LogP contribution < -0.4 is 15.0 Å². The first-order valence-corrected chi connectivity index (χ1v) is 10.7. The van der Waals surface area contributed by atoms with Crippen molar-refractivity contribution in [2.75, 3.05) is 16.8 Å². The van der Waals surface area contributed by atoms with E-state index in [1.165, 1.54) is 4.90 Å². The molecule has 0 aliphatic carbocycles. The minimum atomic E-state index is -0.415. The molecule has 0 saturated carbocycles. The third-order valence-corrected chi connectivity index (χ3v) is 5.52. The maximum atomic E-state index is 13.5. The summed E-state index contributed by atoms with van der Waals surface area (Å²) in [6, 6.07) is 19.8. The van der Waals surface area contributed by atoms with Crippen LogP contribution in [0.4, 0.5) is 11.4 Å². The van der Waals surface area contributed by atoms with E-state index < -0.39 is 5.91 Å². The highest BCUT2D eigenvalue weighted by molar-refractivity contribution is 6.46. The Labute approximate surface area is 192 Å². The molecule has 3 aromatic rings. The van der Waals surface area contributed by atoms with Crippen LogP contribution in [0.15, 0.2) is 72.4 Å². The molecule has 0 unspecified atom stereocenters. The molecule has 0 saturated heterocycles. The smallest absolute Gasteiger partial charge is 0.282 e. The van der Waals surface area contributed by atoms with Crippen LogP contribution in [0.3, 0.4) is 0 Å². The van der Waals surface area contributed by atoms with E-state index >= 15 is 0 Å². The van der Waals surface area contributed by atoms with Gasteiger partial charge in [-0.2, -0.15) is 0 Å². The lowest BCUT2D eigenvalue weighted by molar-refractivity contribution is -0.120. The highest BCUT2D eigenvalue weighted by Gasteiger charge is 2.40. The van der Waals surface area contributed by atoms with Crippen molar-refractivity contribution in [1.82, 2.24) is 0 Å². The standard InChI is InChI=1S/C26H23ClN2O3/c1-4-32-21-13-8-18(9-14-21)23-24(28-22-15-19(27)10-7-17(22)3)26(31)29(25(23)30)20-11-5-16(2)6-12-20/h5-15,28H,4H2,1-3H3. The highest BCUT2D eigenvalue weighted by Crippen LogP contribution is 2.35. The number of amides is 2. The molecule has 3 aromatic carbocycles. The molecular weight excluding hydrogens is 424 g/mol. The van der Waals surface area contributed by atoms with E-state index in [4.69, 9.17) is 16.3 Å². The van der Waals surface area contributed by atoms with E-state index in [0.29, 0.717) is 39.9 Å². The number of hydrogen-bond acceptors (Lipinski definition) is 4. The number of rotatable bonds is 6. The summed E-state index contributed by atoms with van der Waals surface area (Å²) < 4.78 is 5.52. The fourth-order valence-electron chi connectivity index (χ4n) is 3.59. The Bertz CT molecular complexity index is 1210. The summed E-state index contributed by atoms with van der Waals surface area (Å²) >= 11 is 6.17. The first kappa shape index (κ1) is 21.7. The molecule has 1 aliphatic heterocycles. The van der Waals surface area contributed by atoms with Crippen molar-refractivity contribution in [3.05, 3.63) is 94.1 Å². The van der Waals surface area contributed by atoms with Gasteiger partial charge < -0.3 is 10.1 Å². The minimum Gasteiger partial charge on any atom is -0.494 e. The van der Waals surface area contributed by atoms with Gasteiger partial charge in [0.1, 0.15) is 11.4 Å². The number of nitrogens with zero attached hydrogens (tertiary/aromatic N) is 1. The number of imide groups is 1. The Balaban J connectivity index is 1.81. The molecular formula is C26H23ClN2O3. The second kappa shape index (κ2) is 8.89. The van der Waals surface area contributed by atoms with Crippen LogP contribution in [0.1, 0.15) is 23.6 Å². The molecule has 162 valence electrons. The van der Waals surface area contributed by atoms with E-state index in [-0.39, 0.29) is 11.6 Å². The van der Waals surface area contributed by atoms with Crippen LogP contribution in [0.25, 0.3) is 5.57 Å². The van der Waals surface area contributed by atoms with Gasteiger partial charge in [-0.05, 0) is 68.3 Å². The van der Waals surface area contributed by atoms with Crippen LogP contribution in [-0.4, -0.2) is 18.4 Å². The predicted octanol–water partition coefficient (Wildman–Crippen LogP) is 5.75. The third kappa shape index (κ3) is 4.12. The molecule has 1 aliphatic rings. The lowest BCUT2D eigenvalue weighted by atomic mass is 10.0. The zero-order valence-corrected chi connectivity index (χ0v) is 18.9. The molecule has 0 bridgehead atoms. The number of benzene rings is 3.